The molecule has 0 aromatic carbocycles. The van der Waals surface area contributed by atoms with Gasteiger partial charge in [0.2, 0.25) is 0 Å². The fraction of sp³-hybridized carbons (Fsp3) is 0.429. The van der Waals surface area contributed by atoms with Crippen molar-refractivity contribution in [3.63, 3.8) is 0 Å². The van der Waals surface area contributed by atoms with Crippen LogP contribution < -0.4 is 11.5 Å². The number of carbonyl (C=O) groups excluding carboxylic acids is 1. The molecule has 0 bridgehead atoms. The summed E-state index contributed by atoms with van der Waals surface area (Å²) in [6.07, 6.45) is 1.76. The number of hydrogen-bond acceptors (Lipinski definition) is 3. The lowest BCUT2D eigenvalue weighted by atomic mass is 10.2. The van der Waals surface area contributed by atoms with Crippen LogP contribution in [0.2, 0.25) is 0 Å². The van der Waals surface area contributed by atoms with Gasteiger partial charge >= 0.3 is 0 Å². The standard InChI is InChI=1S/C7H13N3O/c1-3-6(11)5(8)4-7(9)10-2/h4H,3,8H2,1-2H3,(H2,9,10). The first kappa shape index (κ1) is 9.68. The number of allylic oxidation sites excluding steroid dienone is 1. The third-order valence-electron chi connectivity index (χ3n) is 1.20. The number of rotatable bonds is 3. The van der Waals surface area contributed by atoms with Gasteiger partial charge in [0.05, 0.1) is 5.70 Å². The van der Waals surface area contributed by atoms with E-state index in [0.717, 1.165) is 0 Å². The topological polar surface area (TPSA) is 81.5 Å². The summed E-state index contributed by atoms with van der Waals surface area (Å²) in [4.78, 5) is 14.5. The second-order valence-electron chi connectivity index (χ2n) is 2.02. The minimum absolute atomic E-state index is 0.114. The average molecular weight is 155 g/mol. The Labute approximate surface area is 66.0 Å². The van der Waals surface area contributed by atoms with E-state index >= 15 is 0 Å². The van der Waals surface area contributed by atoms with Gasteiger partial charge in [-0.15, -0.1) is 0 Å². The highest BCUT2D eigenvalue weighted by atomic mass is 16.1. The Morgan fingerprint density at radius 2 is 2.09 bits per heavy atom. The molecular weight excluding hydrogens is 142 g/mol. The zero-order valence-electron chi connectivity index (χ0n) is 6.79. The van der Waals surface area contributed by atoms with E-state index in [0.29, 0.717) is 6.42 Å². The molecule has 4 heteroatoms. The van der Waals surface area contributed by atoms with E-state index in [1.807, 2.05) is 0 Å². The molecule has 4 nitrogen and oxygen atoms in total. The highest BCUT2D eigenvalue weighted by Crippen LogP contribution is 1.90. The van der Waals surface area contributed by atoms with Crippen molar-refractivity contribution < 1.29 is 4.79 Å². The summed E-state index contributed by atoms with van der Waals surface area (Å²) in [6, 6.07) is 0. The number of nitrogens with zero attached hydrogens (tertiary/aromatic N) is 1. The van der Waals surface area contributed by atoms with Gasteiger partial charge in [0.15, 0.2) is 5.78 Å². The number of hydrogen-bond donors (Lipinski definition) is 2. The summed E-state index contributed by atoms with van der Waals surface area (Å²) in [5.41, 5.74) is 10.8. The second kappa shape index (κ2) is 4.49. The molecule has 62 valence electrons. The van der Waals surface area contributed by atoms with E-state index in [9.17, 15) is 4.79 Å². The maximum atomic E-state index is 10.9. The van der Waals surface area contributed by atoms with E-state index in [1.165, 1.54) is 13.1 Å². The molecule has 0 heterocycles. The van der Waals surface area contributed by atoms with Gasteiger partial charge in [0.1, 0.15) is 5.84 Å². The smallest absolute Gasteiger partial charge is 0.178 e. The number of amidine groups is 1. The van der Waals surface area contributed by atoms with E-state index in [4.69, 9.17) is 11.5 Å². The SMILES string of the molecule is CCC(=O)C(N)=CC(N)=NC. The summed E-state index contributed by atoms with van der Waals surface area (Å²) in [7, 11) is 1.54. The monoisotopic (exact) mass is 155 g/mol. The quantitative estimate of drug-likeness (QED) is 0.336. The fourth-order valence-electron chi connectivity index (χ4n) is 0.508. The van der Waals surface area contributed by atoms with E-state index < -0.39 is 0 Å². The lowest BCUT2D eigenvalue weighted by Crippen LogP contribution is -2.16. The number of carbonyl (C=O) groups is 1. The van der Waals surface area contributed by atoms with Gasteiger partial charge in [-0.1, -0.05) is 6.92 Å². The first-order valence-electron chi connectivity index (χ1n) is 3.34. The summed E-state index contributed by atoms with van der Waals surface area (Å²) < 4.78 is 0. The van der Waals surface area contributed by atoms with Crippen LogP contribution in [0, 0.1) is 0 Å². The molecule has 0 radical (unpaired) electrons. The van der Waals surface area contributed by atoms with Gasteiger partial charge in [0, 0.05) is 19.5 Å². The van der Waals surface area contributed by atoms with Crippen LogP contribution in [0.1, 0.15) is 13.3 Å². The summed E-state index contributed by atoms with van der Waals surface area (Å²) >= 11 is 0. The zero-order valence-corrected chi connectivity index (χ0v) is 6.79. The minimum atomic E-state index is -0.114. The van der Waals surface area contributed by atoms with Crippen molar-refractivity contribution >= 4 is 11.6 Å². The van der Waals surface area contributed by atoms with E-state index in [1.54, 1.807) is 6.92 Å². The third kappa shape index (κ3) is 3.40. The molecule has 0 aromatic rings. The fourth-order valence-corrected chi connectivity index (χ4v) is 0.508. The molecule has 0 saturated heterocycles. The Hall–Kier alpha value is -1.32. The van der Waals surface area contributed by atoms with Crippen molar-refractivity contribution in [2.45, 2.75) is 13.3 Å². The Morgan fingerprint density at radius 1 is 1.55 bits per heavy atom. The minimum Gasteiger partial charge on any atom is -0.396 e. The van der Waals surface area contributed by atoms with Crippen LogP contribution in [0.3, 0.4) is 0 Å². The predicted octanol–water partition coefficient (Wildman–Crippen LogP) is -0.205. The van der Waals surface area contributed by atoms with Crippen molar-refractivity contribution in [2.75, 3.05) is 7.05 Å². The molecule has 0 aliphatic heterocycles. The number of ketones is 1. The summed E-state index contributed by atoms with van der Waals surface area (Å²) in [5.74, 6) is 0.154. The van der Waals surface area contributed by atoms with Crippen molar-refractivity contribution in [3.05, 3.63) is 11.8 Å². The number of Topliss-reactive ketones (excluding diaryl/α,β-unsaturated/α-hetero) is 1. The number of aliphatic imine (C=N–C) groups is 1. The maximum Gasteiger partial charge on any atom is 0.178 e. The third-order valence-corrected chi connectivity index (χ3v) is 1.20. The summed E-state index contributed by atoms with van der Waals surface area (Å²) in [5, 5.41) is 0. The van der Waals surface area contributed by atoms with Gasteiger partial charge in [-0.05, 0) is 0 Å². The second-order valence-corrected chi connectivity index (χ2v) is 2.02. The van der Waals surface area contributed by atoms with Crippen LogP contribution in [0.5, 0.6) is 0 Å². The van der Waals surface area contributed by atoms with Crippen LogP contribution in [0.25, 0.3) is 0 Å². The average Bonchev–Trinajstić information content (AvgIpc) is 2.02. The van der Waals surface area contributed by atoms with Crippen molar-refractivity contribution in [1.82, 2.24) is 0 Å². The van der Waals surface area contributed by atoms with Crippen molar-refractivity contribution in [2.24, 2.45) is 16.5 Å². The highest BCUT2D eigenvalue weighted by molar-refractivity contribution is 6.02. The molecule has 0 saturated carbocycles. The molecule has 0 fully saturated rings. The molecule has 4 N–H and O–H groups in total. The van der Waals surface area contributed by atoms with Gasteiger partial charge in [-0.3, -0.25) is 9.79 Å². The molecule has 0 spiro atoms. The summed E-state index contributed by atoms with van der Waals surface area (Å²) in [6.45, 7) is 1.74. The molecule has 0 unspecified atom stereocenters. The molecule has 0 rings (SSSR count). The largest absolute Gasteiger partial charge is 0.396 e. The van der Waals surface area contributed by atoms with Gasteiger partial charge in [0.25, 0.3) is 0 Å². The Balaban J connectivity index is 4.34. The number of nitrogens with two attached hydrogens (primary N) is 2. The normalized spacial score (nSPS) is 13.3. The molecule has 11 heavy (non-hydrogen) atoms. The van der Waals surface area contributed by atoms with Crippen molar-refractivity contribution in [1.29, 1.82) is 0 Å². The molecule has 0 aliphatic rings. The highest BCUT2D eigenvalue weighted by Gasteiger charge is 2.00. The molecule has 0 aromatic heterocycles. The van der Waals surface area contributed by atoms with Gasteiger partial charge in [-0.25, -0.2) is 0 Å². The zero-order chi connectivity index (χ0) is 8.85. The van der Waals surface area contributed by atoms with E-state index in [2.05, 4.69) is 4.99 Å². The molecule has 0 atom stereocenters. The van der Waals surface area contributed by atoms with Crippen molar-refractivity contribution in [3.8, 4) is 0 Å². The van der Waals surface area contributed by atoms with Crippen LogP contribution in [-0.2, 0) is 4.79 Å². The lowest BCUT2D eigenvalue weighted by Gasteiger charge is -1.95. The van der Waals surface area contributed by atoms with Crippen LogP contribution >= 0.6 is 0 Å². The van der Waals surface area contributed by atoms with Crippen LogP contribution in [0.4, 0.5) is 0 Å². The maximum absolute atomic E-state index is 10.9. The lowest BCUT2D eigenvalue weighted by molar-refractivity contribution is -0.115. The Morgan fingerprint density at radius 3 is 2.45 bits per heavy atom. The van der Waals surface area contributed by atoms with Crippen LogP contribution in [0.15, 0.2) is 16.8 Å². The van der Waals surface area contributed by atoms with Gasteiger partial charge in [-0.2, -0.15) is 0 Å². The first-order chi connectivity index (χ1) is 5.11. The molecular formula is C7H13N3O. The Bertz CT molecular complexity index is 206. The molecule has 0 aliphatic carbocycles. The van der Waals surface area contributed by atoms with Crippen LogP contribution in [-0.4, -0.2) is 18.7 Å². The predicted molar refractivity (Wildman–Crippen MR) is 45.1 cm³/mol. The van der Waals surface area contributed by atoms with Gasteiger partial charge < -0.3 is 11.5 Å². The Kier molecular flexibility index (Phi) is 3.95. The first-order valence-corrected chi connectivity index (χ1v) is 3.34. The molecule has 0 amide bonds. The van der Waals surface area contributed by atoms with E-state index in [-0.39, 0.29) is 17.3 Å².